The van der Waals surface area contributed by atoms with E-state index in [4.69, 9.17) is 9.47 Å². The number of methoxy groups -OCH3 is 2. The summed E-state index contributed by atoms with van der Waals surface area (Å²) in [6, 6.07) is 23.3. The molecule has 0 aliphatic heterocycles. The number of hydrogen-bond donors (Lipinski definition) is 0. The SMILES string of the molecule is COc1cccc2c1cc1c(OC)cccc1[n+]2-c1ccc(C(C)(C)C)cc1. The average Bonchev–Trinajstić information content (AvgIpc) is 2.70. The van der Waals surface area contributed by atoms with Crippen molar-refractivity contribution in [2.45, 2.75) is 26.2 Å². The summed E-state index contributed by atoms with van der Waals surface area (Å²) < 4.78 is 13.6. The molecule has 0 spiro atoms. The minimum Gasteiger partial charge on any atom is -0.496 e. The van der Waals surface area contributed by atoms with Gasteiger partial charge in [-0.15, -0.1) is 0 Å². The van der Waals surface area contributed by atoms with Crippen LogP contribution in [0.4, 0.5) is 0 Å². The van der Waals surface area contributed by atoms with E-state index in [1.54, 1.807) is 14.2 Å². The summed E-state index contributed by atoms with van der Waals surface area (Å²) in [5, 5.41) is 2.11. The molecule has 0 unspecified atom stereocenters. The molecule has 0 radical (unpaired) electrons. The van der Waals surface area contributed by atoms with Gasteiger partial charge in [0.2, 0.25) is 16.7 Å². The summed E-state index contributed by atoms with van der Waals surface area (Å²) in [4.78, 5) is 0. The Morgan fingerprint density at radius 1 is 0.679 bits per heavy atom. The van der Waals surface area contributed by atoms with Crippen LogP contribution >= 0.6 is 0 Å². The van der Waals surface area contributed by atoms with Crippen molar-refractivity contribution < 1.29 is 14.0 Å². The molecule has 0 fully saturated rings. The van der Waals surface area contributed by atoms with Crippen molar-refractivity contribution in [3.63, 3.8) is 0 Å². The first kappa shape index (κ1) is 18.3. The van der Waals surface area contributed by atoms with Crippen LogP contribution in [0.1, 0.15) is 26.3 Å². The first-order chi connectivity index (χ1) is 13.4. The van der Waals surface area contributed by atoms with E-state index in [1.165, 1.54) is 5.56 Å². The lowest BCUT2D eigenvalue weighted by atomic mass is 9.87. The van der Waals surface area contributed by atoms with E-state index in [0.717, 1.165) is 39.0 Å². The monoisotopic (exact) mass is 372 g/mol. The van der Waals surface area contributed by atoms with Gasteiger partial charge in [-0.05, 0) is 29.2 Å². The fourth-order valence-electron chi connectivity index (χ4n) is 3.76. The number of nitrogens with zero attached hydrogens (tertiary/aromatic N) is 1. The number of pyridine rings is 1. The lowest BCUT2D eigenvalue weighted by Gasteiger charge is -2.18. The molecule has 0 aliphatic carbocycles. The van der Waals surface area contributed by atoms with Gasteiger partial charge in [-0.3, -0.25) is 0 Å². The zero-order valence-electron chi connectivity index (χ0n) is 17.1. The Morgan fingerprint density at radius 2 is 1.18 bits per heavy atom. The van der Waals surface area contributed by atoms with E-state index in [-0.39, 0.29) is 5.41 Å². The molecule has 1 heterocycles. The second-order valence-corrected chi connectivity index (χ2v) is 8.06. The number of fused-ring (bicyclic) bond motifs is 2. The van der Waals surface area contributed by atoms with Gasteiger partial charge in [-0.2, -0.15) is 4.57 Å². The second-order valence-electron chi connectivity index (χ2n) is 8.06. The fraction of sp³-hybridized carbons (Fsp3) is 0.240. The minimum absolute atomic E-state index is 0.121. The van der Waals surface area contributed by atoms with E-state index in [0.29, 0.717) is 0 Å². The van der Waals surface area contributed by atoms with Gasteiger partial charge in [0.1, 0.15) is 11.5 Å². The van der Waals surface area contributed by atoms with Gasteiger partial charge in [0, 0.05) is 24.3 Å². The highest BCUT2D eigenvalue weighted by atomic mass is 16.5. The van der Waals surface area contributed by atoms with Crippen molar-refractivity contribution in [1.82, 2.24) is 0 Å². The number of aromatic nitrogens is 1. The van der Waals surface area contributed by atoms with Crippen LogP contribution in [0.25, 0.3) is 27.5 Å². The van der Waals surface area contributed by atoms with E-state index in [2.05, 4.69) is 67.8 Å². The number of rotatable bonds is 3. The molecule has 0 saturated carbocycles. The molecule has 0 atom stereocenters. The van der Waals surface area contributed by atoms with E-state index in [9.17, 15) is 0 Å². The van der Waals surface area contributed by atoms with E-state index in [1.807, 2.05) is 24.3 Å². The lowest BCUT2D eigenvalue weighted by Crippen LogP contribution is -2.33. The predicted molar refractivity (Wildman–Crippen MR) is 115 cm³/mol. The standard InChI is InChI=1S/C25H26NO2/c1-25(2,3)17-12-14-18(15-13-17)26-21-8-6-10-23(27-4)19(21)16-20-22(26)9-7-11-24(20)28-5/h6-16H,1-5H3/q+1. The molecular formula is C25H26NO2+. The third-order valence-corrected chi connectivity index (χ3v) is 5.29. The summed E-state index contributed by atoms with van der Waals surface area (Å²) in [6.45, 7) is 6.70. The van der Waals surface area contributed by atoms with Crippen molar-refractivity contribution in [2.24, 2.45) is 0 Å². The zero-order chi connectivity index (χ0) is 19.9. The quantitative estimate of drug-likeness (QED) is 0.346. The Balaban J connectivity index is 2.10. The molecule has 0 bridgehead atoms. The number of benzene rings is 3. The highest BCUT2D eigenvalue weighted by Gasteiger charge is 2.23. The number of hydrogen-bond acceptors (Lipinski definition) is 2. The molecule has 3 aromatic carbocycles. The zero-order valence-corrected chi connectivity index (χ0v) is 17.1. The second kappa shape index (κ2) is 6.83. The Bertz CT molecular complexity index is 1090. The maximum Gasteiger partial charge on any atom is 0.222 e. The van der Waals surface area contributed by atoms with Crippen LogP contribution in [-0.2, 0) is 5.41 Å². The molecule has 0 N–H and O–H groups in total. The van der Waals surface area contributed by atoms with Crippen molar-refractivity contribution in [3.05, 3.63) is 72.3 Å². The predicted octanol–water partition coefficient (Wildman–Crippen LogP) is 5.58. The Kier molecular flexibility index (Phi) is 4.46. The first-order valence-electron chi connectivity index (χ1n) is 9.53. The van der Waals surface area contributed by atoms with Crippen LogP contribution in [-0.4, -0.2) is 14.2 Å². The average molecular weight is 372 g/mol. The number of ether oxygens (including phenoxy) is 2. The lowest BCUT2D eigenvalue weighted by molar-refractivity contribution is -0.538. The topological polar surface area (TPSA) is 22.3 Å². The van der Waals surface area contributed by atoms with Crippen molar-refractivity contribution in [1.29, 1.82) is 0 Å². The molecule has 0 amide bonds. The normalized spacial score (nSPS) is 11.8. The largest absolute Gasteiger partial charge is 0.496 e. The fourth-order valence-corrected chi connectivity index (χ4v) is 3.76. The Morgan fingerprint density at radius 3 is 1.61 bits per heavy atom. The maximum atomic E-state index is 5.65. The molecule has 4 rings (SSSR count). The third-order valence-electron chi connectivity index (χ3n) is 5.29. The Hall–Kier alpha value is -3.07. The smallest absolute Gasteiger partial charge is 0.222 e. The molecule has 1 aromatic heterocycles. The maximum absolute atomic E-state index is 5.65. The van der Waals surface area contributed by atoms with Crippen LogP contribution in [0.15, 0.2) is 66.7 Å². The summed E-state index contributed by atoms with van der Waals surface area (Å²) in [5.74, 6) is 1.70. The summed E-state index contributed by atoms with van der Waals surface area (Å²) in [7, 11) is 3.42. The van der Waals surface area contributed by atoms with Crippen LogP contribution in [0.2, 0.25) is 0 Å². The molecule has 0 aliphatic rings. The van der Waals surface area contributed by atoms with E-state index >= 15 is 0 Å². The van der Waals surface area contributed by atoms with Crippen molar-refractivity contribution in [2.75, 3.05) is 14.2 Å². The molecule has 142 valence electrons. The van der Waals surface area contributed by atoms with E-state index < -0.39 is 0 Å². The molecule has 3 nitrogen and oxygen atoms in total. The van der Waals surface area contributed by atoms with Gasteiger partial charge in [0.05, 0.1) is 25.0 Å². The summed E-state index contributed by atoms with van der Waals surface area (Å²) in [6.07, 6.45) is 0. The van der Waals surface area contributed by atoms with Gasteiger partial charge in [0.15, 0.2) is 0 Å². The highest BCUT2D eigenvalue weighted by molar-refractivity contribution is 5.95. The van der Waals surface area contributed by atoms with Gasteiger partial charge in [0.25, 0.3) is 0 Å². The van der Waals surface area contributed by atoms with Crippen LogP contribution in [0, 0.1) is 0 Å². The molecule has 4 aromatic rings. The highest BCUT2D eigenvalue weighted by Crippen LogP contribution is 2.32. The first-order valence-corrected chi connectivity index (χ1v) is 9.53. The summed E-state index contributed by atoms with van der Waals surface area (Å²) in [5.41, 5.74) is 4.75. The van der Waals surface area contributed by atoms with Crippen molar-refractivity contribution in [3.8, 4) is 17.2 Å². The van der Waals surface area contributed by atoms with Crippen LogP contribution in [0.5, 0.6) is 11.5 Å². The van der Waals surface area contributed by atoms with Gasteiger partial charge < -0.3 is 9.47 Å². The Labute approximate surface area is 166 Å². The minimum atomic E-state index is 0.121. The van der Waals surface area contributed by atoms with Gasteiger partial charge in [-0.25, -0.2) is 0 Å². The molecule has 3 heteroatoms. The third kappa shape index (κ3) is 2.97. The summed E-state index contributed by atoms with van der Waals surface area (Å²) >= 11 is 0. The van der Waals surface area contributed by atoms with Crippen molar-refractivity contribution >= 4 is 21.8 Å². The molecule has 28 heavy (non-hydrogen) atoms. The van der Waals surface area contributed by atoms with Crippen LogP contribution < -0.4 is 14.0 Å². The van der Waals surface area contributed by atoms with Crippen LogP contribution in [0.3, 0.4) is 0 Å². The van der Waals surface area contributed by atoms with Gasteiger partial charge >= 0.3 is 0 Å². The molecule has 0 saturated heterocycles. The van der Waals surface area contributed by atoms with Gasteiger partial charge in [-0.1, -0.05) is 45.0 Å². The molecular weight excluding hydrogens is 346 g/mol.